The lowest BCUT2D eigenvalue weighted by atomic mass is 10.1. The van der Waals surface area contributed by atoms with Crippen LogP contribution in [-0.4, -0.2) is 67.9 Å². The fourth-order valence-electron chi connectivity index (χ4n) is 3.33. The van der Waals surface area contributed by atoms with Gasteiger partial charge < -0.3 is 4.90 Å². The molecule has 2 aliphatic heterocycles. The first-order valence-corrected chi connectivity index (χ1v) is 9.72. The third-order valence-electron chi connectivity index (χ3n) is 4.64. The van der Waals surface area contributed by atoms with Crippen molar-refractivity contribution in [1.82, 2.24) is 9.80 Å². The Balaban J connectivity index is 1.51. The molecule has 2 fully saturated rings. The molecule has 126 valence electrons. The molecule has 0 radical (unpaired) electrons. The molecule has 1 aromatic rings. The Kier molecular flexibility index (Phi) is 4.68. The van der Waals surface area contributed by atoms with Gasteiger partial charge in [0, 0.05) is 32.2 Å². The van der Waals surface area contributed by atoms with Gasteiger partial charge in [-0.3, -0.25) is 9.69 Å². The summed E-state index contributed by atoms with van der Waals surface area (Å²) in [6, 6.07) is 6.21. The number of hydrogen-bond donors (Lipinski definition) is 0. The van der Waals surface area contributed by atoms with Crippen LogP contribution in [0.2, 0.25) is 0 Å². The van der Waals surface area contributed by atoms with E-state index in [2.05, 4.69) is 4.90 Å². The second-order valence-electron chi connectivity index (χ2n) is 6.28. The van der Waals surface area contributed by atoms with Gasteiger partial charge in [-0.15, -0.1) is 0 Å². The fourth-order valence-corrected chi connectivity index (χ4v) is 5.09. The minimum Gasteiger partial charge on any atom is -0.340 e. The van der Waals surface area contributed by atoms with E-state index in [9.17, 15) is 17.6 Å². The van der Waals surface area contributed by atoms with E-state index in [1.54, 1.807) is 17.0 Å². The summed E-state index contributed by atoms with van der Waals surface area (Å²) in [4.78, 5) is 16.3. The van der Waals surface area contributed by atoms with Gasteiger partial charge in [0.15, 0.2) is 9.84 Å². The number of rotatable bonds is 3. The van der Waals surface area contributed by atoms with Crippen molar-refractivity contribution in [3.05, 3.63) is 35.6 Å². The van der Waals surface area contributed by atoms with Crippen molar-refractivity contribution in [2.24, 2.45) is 0 Å². The number of nitrogens with zero attached hydrogens (tertiary/aromatic N) is 2. The predicted molar refractivity (Wildman–Crippen MR) is 85.3 cm³/mol. The van der Waals surface area contributed by atoms with Gasteiger partial charge in [-0.1, -0.05) is 12.1 Å². The molecule has 3 rings (SSSR count). The van der Waals surface area contributed by atoms with Crippen LogP contribution in [0.3, 0.4) is 0 Å². The zero-order valence-electron chi connectivity index (χ0n) is 12.9. The number of halogens is 1. The van der Waals surface area contributed by atoms with Crippen molar-refractivity contribution in [2.75, 3.05) is 37.7 Å². The number of benzene rings is 1. The van der Waals surface area contributed by atoms with Crippen LogP contribution in [0.25, 0.3) is 0 Å². The summed E-state index contributed by atoms with van der Waals surface area (Å²) in [7, 11) is -2.88. The SMILES string of the molecule is O=C(Cc1cccc(F)c1)N1CCN([C@H]2CCS(=O)(=O)C2)CC1. The van der Waals surface area contributed by atoms with Gasteiger partial charge in [0.2, 0.25) is 5.91 Å². The summed E-state index contributed by atoms with van der Waals surface area (Å²) in [6.07, 6.45) is 0.898. The molecule has 0 spiro atoms. The number of carbonyl (C=O) groups excluding carboxylic acids is 1. The second-order valence-corrected chi connectivity index (χ2v) is 8.51. The zero-order valence-corrected chi connectivity index (χ0v) is 13.8. The second kappa shape index (κ2) is 6.57. The Morgan fingerprint density at radius 1 is 1.22 bits per heavy atom. The lowest BCUT2D eigenvalue weighted by molar-refractivity contribution is -0.132. The summed E-state index contributed by atoms with van der Waals surface area (Å²) in [5.74, 6) is 0.178. The minimum atomic E-state index is -2.88. The molecule has 23 heavy (non-hydrogen) atoms. The van der Waals surface area contributed by atoms with Gasteiger partial charge in [0.25, 0.3) is 0 Å². The zero-order chi connectivity index (χ0) is 16.4. The standard InChI is InChI=1S/C16H21FN2O3S/c17-14-3-1-2-13(10-14)11-16(20)19-7-5-18(6-8-19)15-4-9-23(21,22)12-15/h1-3,10,15H,4-9,11-12H2/t15-/m0/s1. The Hall–Kier alpha value is -1.47. The van der Waals surface area contributed by atoms with Crippen molar-refractivity contribution in [3.63, 3.8) is 0 Å². The van der Waals surface area contributed by atoms with Gasteiger partial charge in [-0.2, -0.15) is 0 Å². The van der Waals surface area contributed by atoms with Gasteiger partial charge in [0.1, 0.15) is 5.82 Å². The highest BCUT2D eigenvalue weighted by Crippen LogP contribution is 2.19. The van der Waals surface area contributed by atoms with Crippen LogP contribution in [0, 0.1) is 5.82 Å². The van der Waals surface area contributed by atoms with E-state index in [0.717, 1.165) is 0 Å². The highest BCUT2D eigenvalue weighted by Gasteiger charge is 2.34. The molecule has 0 aromatic heterocycles. The average molecular weight is 340 g/mol. The predicted octanol–water partition coefficient (Wildman–Crippen LogP) is 0.700. The number of amides is 1. The molecule has 0 N–H and O–H groups in total. The normalized spacial score (nSPS) is 24.7. The monoisotopic (exact) mass is 340 g/mol. The van der Waals surface area contributed by atoms with Crippen LogP contribution >= 0.6 is 0 Å². The Bertz CT molecular complexity index is 684. The van der Waals surface area contributed by atoms with Gasteiger partial charge in [-0.05, 0) is 24.1 Å². The molecule has 5 nitrogen and oxygen atoms in total. The molecule has 0 aliphatic carbocycles. The van der Waals surface area contributed by atoms with Crippen molar-refractivity contribution in [1.29, 1.82) is 0 Å². The van der Waals surface area contributed by atoms with Crippen molar-refractivity contribution in [2.45, 2.75) is 18.9 Å². The first-order valence-electron chi connectivity index (χ1n) is 7.90. The first kappa shape index (κ1) is 16.4. The summed E-state index contributed by atoms with van der Waals surface area (Å²) in [5, 5.41) is 0. The summed E-state index contributed by atoms with van der Waals surface area (Å²) >= 11 is 0. The Morgan fingerprint density at radius 2 is 1.96 bits per heavy atom. The fraction of sp³-hybridized carbons (Fsp3) is 0.562. The van der Waals surface area contributed by atoms with E-state index >= 15 is 0 Å². The highest BCUT2D eigenvalue weighted by molar-refractivity contribution is 7.91. The van der Waals surface area contributed by atoms with E-state index in [0.29, 0.717) is 38.2 Å². The Morgan fingerprint density at radius 3 is 2.57 bits per heavy atom. The third-order valence-corrected chi connectivity index (χ3v) is 6.39. The van der Waals surface area contributed by atoms with E-state index in [4.69, 9.17) is 0 Å². The van der Waals surface area contributed by atoms with E-state index < -0.39 is 9.84 Å². The van der Waals surface area contributed by atoms with E-state index in [1.807, 2.05) is 0 Å². The van der Waals surface area contributed by atoms with Crippen molar-refractivity contribution in [3.8, 4) is 0 Å². The van der Waals surface area contributed by atoms with Crippen LogP contribution in [0.1, 0.15) is 12.0 Å². The minimum absolute atomic E-state index is 0.00528. The maximum absolute atomic E-state index is 13.2. The van der Waals surface area contributed by atoms with Crippen LogP contribution in [0.4, 0.5) is 4.39 Å². The maximum Gasteiger partial charge on any atom is 0.227 e. The lowest BCUT2D eigenvalue weighted by Gasteiger charge is -2.37. The molecule has 1 aromatic carbocycles. The third kappa shape index (κ3) is 4.09. The van der Waals surface area contributed by atoms with Gasteiger partial charge in [-0.25, -0.2) is 12.8 Å². The first-order chi connectivity index (χ1) is 10.9. The van der Waals surface area contributed by atoms with E-state index in [1.165, 1.54) is 12.1 Å². The average Bonchev–Trinajstić information content (AvgIpc) is 2.87. The largest absolute Gasteiger partial charge is 0.340 e. The lowest BCUT2D eigenvalue weighted by Crippen LogP contribution is -2.52. The number of hydrogen-bond acceptors (Lipinski definition) is 4. The molecular weight excluding hydrogens is 319 g/mol. The summed E-state index contributed by atoms with van der Waals surface area (Å²) < 4.78 is 36.3. The molecule has 1 amide bonds. The quantitative estimate of drug-likeness (QED) is 0.813. The summed E-state index contributed by atoms with van der Waals surface area (Å²) in [6.45, 7) is 2.61. The van der Waals surface area contributed by atoms with Gasteiger partial charge in [0.05, 0.1) is 17.9 Å². The number of carbonyl (C=O) groups is 1. The molecule has 1 atom stereocenters. The molecule has 7 heteroatoms. The van der Waals surface area contributed by atoms with Crippen LogP contribution in [0.5, 0.6) is 0 Å². The molecular formula is C16H21FN2O3S. The molecule has 0 saturated carbocycles. The van der Waals surface area contributed by atoms with Crippen LogP contribution < -0.4 is 0 Å². The Labute approximate surface area is 136 Å². The number of piperazine rings is 1. The van der Waals surface area contributed by atoms with Gasteiger partial charge >= 0.3 is 0 Å². The summed E-state index contributed by atoms with van der Waals surface area (Å²) in [5.41, 5.74) is 0.680. The van der Waals surface area contributed by atoms with Crippen LogP contribution in [-0.2, 0) is 21.1 Å². The topological polar surface area (TPSA) is 57.7 Å². The van der Waals surface area contributed by atoms with Crippen LogP contribution in [0.15, 0.2) is 24.3 Å². The van der Waals surface area contributed by atoms with Crippen molar-refractivity contribution >= 4 is 15.7 Å². The molecule has 2 saturated heterocycles. The van der Waals surface area contributed by atoms with Crippen molar-refractivity contribution < 1.29 is 17.6 Å². The highest BCUT2D eigenvalue weighted by atomic mass is 32.2. The molecule has 0 unspecified atom stereocenters. The molecule has 2 heterocycles. The molecule has 0 bridgehead atoms. The maximum atomic E-state index is 13.2. The number of sulfone groups is 1. The smallest absolute Gasteiger partial charge is 0.227 e. The molecule has 2 aliphatic rings. The van der Waals surface area contributed by atoms with E-state index in [-0.39, 0.29) is 35.7 Å².